The first-order valence-corrected chi connectivity index (χ1v) is 8.51. The summed E-state index contributed by atoms with van der Waals surface area (Å²) < 4.78 is 10.7. The third-order valence-corrected chi connectivity index (χ3v) is 4.02. The Morgan fingerprint density at radius 1 is 1.04 bits per heavy atom. The third kappa shape index (κ3) is 4.57. The van der Waals surface area contributed by atoms with Crippen LogP contribution in [-0.4, -0.2) is 17.9 Å². The van der Waals surface area contributed by atoms with Crippen LogP contribution >= 0.6 is 11.6 Å². The second-order valence-corrected chi connectivity index (χ2v) is 6.12. The van der Waals surface area contributed by atoms with E-state index in [2.05, 4.69) is 5.32 Å². The molecule has 28 heavy (non-hydrogen) atoms. The number of halogens is 1. The zero-order chi connectivity index (χ0) is 20.1. The van der Waals surface area contributed by atoms with Gasteiger partial charge in [0.05, 0.1) is 12.0 Å². The Balaban J connectivity index is 1.73. The number of carbonyl (C=O) groups excluding carboxylic acids is 1. The summed E-state index contributed by atoms with van der Waals surface area (Å²) in [5, 5.41) is 14.1. The van der Waals surface area contributed by atoms with Gasteiger partial charge in [0.2, 0.25) is 5.75 Å². The minimum absolute atomic E-state index is 0.0583. The lowest BCUT2D eigenvalue weighted by Crippen LogP contribution is -2.11. The van der Waals surface area contributed by atoms with E-state index in [0.29, 0.717) is 22.7 Å². The molecule has 8 heteroatoms. The molecule has 0 spiro atoms. The van der Waals surface area contributed by atoms with Crippen molar-refractivity contribution in [2.24, 2.45) is 0 Å². The first-order chi connectivity index (χ1) is 13.5. The van der Waals surface area contributed by atoms with E-state index in [1.807, 2.05) is 0 Å². The minimum Gasteiger partial charge on any atom is -0.497 e. The number of amides is 1. The average Bonchev–Trinajstić information content (AvgIpc) is 2.70. The molecule has 0 fully saturated rings. The highest BCUT2D eigenvalue weighted by Crippen LogP contribution is 2.33. The van der Waals surface area contributed by atoms with Crippen molar-refractivity contribution in [1.29, 1.82) is 0 Å². The Kier molecular flexibility index (Phi) is 5.76. The van der Waals surface area contributed by atoms with Crippen LogP contribution in [0.25, 0.3) is 0 Å². The molecule has 0 aliphatic carbocycles. The van der Waals surface area contributed by atoms with Gasteiger partial charge in [0.15, 0.2) is 0 Å². The number of nitrogens with one attached hydrogen (secondary N) is 1. The summed E-state index contributed by atoms with van der Waals surface area (Å²) in [6.07, 6.45) is 0. The maximum atomic E-state index is 12.4. The molecule has 142 valence electrons. The van der Waals surface area contributed by atoms with E-state index in [0.717, 1.165) is 0 Å². The van der Waals surface area contributed by atoms with Crippen LogP contribution < -0.4 is 14.8 Å². The highest BCUT2D eigenvalue weighted by molar-refractivity contribution is 6.30. The summed E-state index contributed by atoms with van der Waals surface area (Å²) in [7, 11) is 1.55. The van der Waals surface area contributed by atoms with Gasteiger partial charge < -0.3 is 14.8 Å². The molecule has 3 rings (SSSR count). The standard InChI is InChI=1S/C20H15ClN2O5/c1-27-17-4-2-3-15(12-17)22-20(24)13-5-8-16(9-6-13)28-19-10-7-14(21)11-18(19)23(25)26/h2-12H,1H3,(H,22,24). The van der Waals surface area contributed by atoms with Crippen LogP contribution in [-0.2, 0) is 0 Å². The number of nitro benzene ring substituents is 1. The van der Waals surface area contributed by atoms with E-state index in [9.17, 15) is 14.9 Å². The molecular formula is C20H15ClN2O5. The van der Waals surface area contributed by atoms with Gasteiger partial charge in [0.1, 0.15) is 11.5 Å². The number of nitrogens with zero attached hydrogens (tertiary/aromatic N) is 1. The molecule has 0 aliphatic heterocycles. The van der Waals surface area contributed by atoms with Crippen molar-refractivity contribution in [2.75, 3.05) is 12.4 Å². The maximum absolute atomic E-state index is 12.4. The molecule has 0 bridgehead atoms. The first kappa shape index (κ1) is 19.2. The number of rotatable bonds is 6. The van der Waals surface area contributed by atoms with E-state index in [4.69, 9.17) is 21.1 Å². The van der Waals surface area contributed by atoms with Crippen LogP contribution in [0.15, 0.2) is 66.7 Å². The van der Waals surface area contributed by atoms with Gasteiger partial charge in [-0.1, -0.05) is 17.7 Å². The van der Waals surface area contributed by atoms with Crippen molar-refractivity contribution >= 4 is 28.9 Å². The summed E-state index contributed by atoms with van der Waals surface area (Å²) in [5.41, 5.74) is 0.759. The summed E-state index contributed by atoms with van der Waals surface area (Å²) in [5.74, 6) is 0.731. The van der Waals surface area contributed by atoms with Gasteiger partial charge in [0, 0.05) is 28.4 Å². The molecule has 1 N–H and O–H groups in total. The number of nitro groups is 1. The molecule has 0 aliphatic rings. The zero-order valence-corrected chi connectivity index (χ0v) is 15.5. The molecule has 3 aromatic rings. The van der Waals surface area contributed by atoms with Crippen molar-refractivity contribution in [1.82, 2.24) is 0 Å². The van der Waals surface area contributed by atoms with Crippen LogP contribution in [0.1, 0.15) is 10.4 Å². The second kappa shape index (κ2) is 8.41. The third-order valence-electron chi connectivity index (χ3n) is 3.79. The molecule has 0 heterocycles. The summed E-state index contributed by atoms with van der Waals surface area (Å²) >= 11 is 5.79. The molecule has 0 unspecified atom stereocenters. The predicted molar refractivity (Wildman–Crippen MR) is 106 cm³/mol. The summed E-state index contributed by atoms with van der Waals surface area (Å²) in [6, 6.07) is 17.4. The number of benzene rings is 3. The highest BCUT2D eigenvalue weighted by atomic mass is 35.5. The van der Waals surface area contributed by atoms with Crippen molar-refractivity contribution in [3.8, 4) is 17.2 Å². The van der Waals surface area contributed by atoms with Gasteiger partial charge in [-0.25, -0.2) is 0 Å². The van der Waals surface area contributed by atoms with Crippen molar-refractivity contribution in [2.45, 2.75) is 0 Å². The van der Waals surface area contributed by atoms with Gasteiger partial charge >= 0.3 is 5.69 Å². The average molecular weight is 399 g/mol. The van der Waals surface area contributed by atoms with Crippen LogP contribution in [0, 0.1) is 10.1 Å². The predicted octanol–water partition coefficient (Wildman–Crippen LogP) is 5.30. The molecule has 0 atom stereocenters. The Hall–Kier alpha value is -3.58. The summed E-state index contributed by atoms with van der Waals surface area (Å²) in [6.45, 7) is 0. The molecule has 0 saturated carbocycles. The van der Waals surface area contributed by atoms with Gasteiger partial charge in [-0.05, 0) is 48.5 Å². The molecule has 7 nitrogen and oxygen atoms in total. The Labute approximate surface area is 165 Å². The van der Waals surface area contributed by atoms with Crippen molar-refractivity contribution in [3.63, 3.8) is 0 Å². The lowest BCUT2D eigenvalue weighted by Gasteiger charge is -2.09. The van der Waals surface area contributed by atoms with Gasteiger partial charge in [0.25, 0.3) is 5.91 Å². The highest BCUT2D eigenvalue weighted by Gasteiger charge is 2.16. The fraction of sp³-hybridized carbons (Fsp3) is 0.0500. The number of anilines is 1. The monoisotopic (exact) mass is 398 g/mol. The fourth-order valence-corrected chi connectivity index (χ4v) is 2.59. The molecule has 1 amide bonds. The minimum atomic E-state index is -0.572. The Bertz CT molecular complexity index is 1020. The van der Waals surface area contributed by atoms with E-state index in [1.54, 1.807) is 55.6 Å². The largest absolute Gasteiger partial charge is 0.497 e. The number of methoxy groups -OCH3 is 1. The van der Waals surface area contributed by atoms with Crippen molar-refractivity contribution < 1.29 is 19.2 Å². The first-order valence-electron chi connectivity index (χ1n) is 8.13. The van der Waals surface area contributed by atoms with Crippen LogP contribution in [0.5, 0.6) is 17.2 Å². The van der Waals surface area contributed by atoms with Gasteiger partial charge in [-0.15, -0.1) is 0 Å². The number of hydrogen-bond acceptors (Lipinski definition) is 5. The number of hydrogen-bond donors (Lipinski definition) is 1. The quantitative estimate of drug-likeness (QED) is 0.449. The second-order valence-electron chi connectivity index (χ2n) is 5.68. The number of carbonyl (C=O) groups is 1. The lowest BCUT2D eigenvalue weighted by molar-refractivity contribution is -0.385. The SMILES string of the molecule is COc1cccc(NC(=O)c2ccc(Oc3ccc(Cl)cc3[N+](=O)[O-])cc2)c1. The van der Waals surface area contributed by atoms with Crippen LogP contribution in [0.2, 0.25) is 5.02 Å². The van der Waals surface area contributed by atoms with E-state index < -0.39 is 4.92 Å². The fourth-order valence-electron chi connectivity index (χ4n) is 2.42. The normalized spacial score (nSPS) is 10.2. The smallest absolute Gasteiger partial charge is 0.313 e. The van der Waals surface area contributed by atoms with Crippen LogP contribution in [0.3, 0.4) is 0 Å². The van der Waals surface area contributed by atoms with E-state index in [-0.39, 0.29) is 22.4 Å². The summed E-state index contributed by atoms with van der Waals surface area (Å²) in [4.78, 5) is 22.9. The Morgan fingerprint density at radius 2 is 1.79 bits per heavy atom. The molecule has 0 radical (unpaired) electrons. The molecule has 3 aromatic carbocycles. The lowest BCUT2D eigenvalue weighted by atomic mass is 10.2. The Morgan fingerprint density at radius 3 is 2.46 bits per heavy atom. The van der Waals surface area contributed by atoms with E-state index >= 15 is 0 Å². The maximum Gasteiger partial charge on any atom is 0.313 e. The van der Waals surface area contributed by atoms with Crippen LogP contribution in [0.4, 0.5) is 11.4 Å². The number of ether oxygens (including phenoxy) is 2. The van der Waals surface area contributed by atoms with Gasteiger partial charge in [-0.3, -0.25) is 14.9 Å². The van der Waals surface area contributed by atoms with Crippen molar-refractivity contribution in [3.05, 3.63) is 87.4 Å². The molecule has 0 saturated heterocycles. The van der Waals surface area contributed by atoms with E-state index in [1.165, 1.54) is 18.2 Å². The topological polar surface area (TPSA) is 90.7 Å². The molecular weight excluding hydrogens is 384 g/mol. The molecule has 0 aromatic heterocycles. The zero-order valence-electron chi connectivity index (χ0n) is 14.7. The van der Waals surface area contributed by atoms with Gasteiger partial charge in [-0.2, -0.15) is 0 Å².